The van der Waals surface area contributed by atoms with Crippen molar-refractivity contribution in [1.29, 1.82) is 0 Å². The quantitative estimate of drug-likeness (QED) is 0.595. The second-order valence-corrected chi connectivity index (χ2v) is 8.26. The summed E-state index contributed by atoms with van der Waals surface area (Å²) in [4.78, 5) is 27.7. The van der Waals surface area contributed by atoms with Crippen LogP contribution in [0.15, 0.2) is 48.5 Å². The first-order chi connectivity index (χ1) is 13.8. The summed E-state index contributed by atoms with van der Waals surface area (Å²) in [5, 5.41) is 4.06. The van der Waals surface area contributed by atoms with Gasteiger partial charge in [0, 0.05) is 23.1 Å². The molecule has 0 fully saturated rings. The van der Waals surface area contributed by atoms with E-state index in [4.69, 9.17) is 23.2 Å². The zero-order chi connectivity index (χ0) is 21.4. The molecule has 6 heteroatoms. The highest BCUT2D eigenvalue weighted by atomic mass is 35.5. The molecule has 0 aliphatic heterocycles. The third kappa shape index (κ3) is 6.76. The van der Waals surface area contributed by atoms with Gasteiger partial charge in [0.1, 0.15) is 6.04 Å². The smallest absolute Gasteiger partial charge is 0.242 e. The Hall–Kier alpha value is -2.04. The number of rotatable bonds is 9. The van der Waals surface area contributed by atoms with E-state index in [2.05, 4.69) is 5.32 Å². The van der Waals surface area contributed by atoms with Crippen LogP contribution in [0.2, 0.25) is 10.0 Å². The number of benzene rings is 2. The molecular weight excluding hydrogens is 407 g/mol. The maximum Gasteiger partial charge on any atom is 0.242 e. The molecule has 1 atom stereocenters. The van der Waals surface area contributed by atoms with Crippen LogP contribution in [0.4, 0.5) is 0 Å². The van der Waals surface area contributed by atoms with E-state index >= 15 is 0 Å². The minimum absolute atomic E-state index is 0.123. The highest BCUT2D eigenvalue weighted by Crippen LogP contribution is 2.22. The molecule has 0 aliphatic rings. The van der Waals surface area contributed by atoms with E-state index in [-0.39, 0.29) is 24.8 Å². The molecule has 1 unspecified atom stereocenters. The first-order valence-corrected chi connectivity index (χ1v) is 10.6. The van der Waals surface area contributed by atoms with Gasteiger partial charge in [-0.1, -0.05) is 80.4 Å². The molecule has 0 bridgehead atoms. The van der Waals surface area contributed by atoms with Crippen molar-refractivity contribution in [1.82, 2.24) is 10.2 Å². The van der Waals surface area contributed by atoms with Gasteiger partial charge in [-0.3, -0.25) is 9.59 Å². The van der Waals surface area contributed by atoms with E-state index in [1.165, 1.54) is 0 Å². The van der Waals surface area contributed by atoms with Crippen molar-refractivity contribution in [2.45, 2.75) is 46.2 Å². The zero-order valence-electron chi connectivity index (χ0n) is 17.1. The summed E-state index contributed by atoms with van der Waals surface area (Å²) in [5.74, 6) is 0.0117. The molecule has 29 heavy (non-hydrogen) atoms. The van der Waals surface area contributed by atoms with E-state index in [9.17, 15) is 9.59 Å². The number of nitrogens with one attached hydrogen (secondary N) is 1. The minimum Gasteiger partial charge on any atom is -0.354 e. The lowest BCUT2D eigenvalue weighted by Crippen LogP contribution is -2.50. The summed E-state index contributed by atoms with van der Waals surface area (Å²) in [6.07, 6.45) is 0.626. The lowest BCUT2D eigenvalue weighted by molar-refractivity contribution is -0.141. The van der Waals surface area contributed by atoms with Gasteiger partial charge in [0.25, 0.3) is 0 Å². The molecule has 0 aromatic heterocycles. The minimum atomic E-state index is -0.583. The van der Waals surface area contributed by atoms with Crippen LogP contribution in [0.25, 0.3) is 0 Å². The van der Waals surface area contributed by atoms with Crippen LogP contribution >= 0.6 is 23.2 Å². The Kier molecular flexibility index (Phi) is 8.99. The lowest BCUT2D eigenvalue weighted by atomic mass is 10.1. The van der Waals surface area contributed by atoms with Gasteiger partial charge in [-0.05, 0) is 35.6 Å². The van der Waals surface area contributed by atoms with Crippen LogP contribution in [0.1, 0.15) is 38.3 Å². The first kappa shape index (κ1) is 23.2. The van der Waals surface area contributed by atoms with E-state index in [0.29, 0.717) is 28.9 Å². The molecule has 0 heterocycles. The molecule has 156 valence electrons. The average molecular weight is 435 g/mol. The van der Waals surface area contributed by atoms with Gasteiger partial charge >= 0.3 is 0 Å². The van der Waals surface area contributed by atoms with Crippen molar-refractivity contribution in [3.8, 4) is 0 Å². The molecule has 2 amide bonds. The van der Waals surface area contributed by atoms with E-state index in [0.717, 1.165) is 11.1 Å². The van der Waals surface area contributed by atoms with E-state index < -0.39 is 6.04 Å². The fraction of sp³-hybridized carbons (Fsp3) is 0.391. The molecular formula is C23H28Cl2N2O2. The summed E-state index contributed by atoms with van der Waals surface area (Å²) >= 11 is 12.6. The molecule has 0 saturated carbocycles. The summed E-state index contributed by atoms with van der Waals surface area (Å²) < 4.78 is 0. The molecule has 0 saturated heterocycles. The second kappa shape index (κ2) is 11.2. The molecule has 2 aromatic carbocycles. The SMILES string of the molecule is CCC(C(=O)NCC(C)C)N(Cc1ccccc1Cl)C(=O)Cc1ccccc1Cl. The lowest BCUT2D eigenvalue weighted by Gasteiger charge is -2.31. The number of carbonyl (C=O) groups is 2. The van der Waals surface area contributed by atoms with Crippen molar-refractivity contribution in [3.63, 3.8) is 0 Å². The van der Waals surface area contributed by atoms with Gasteiger partial charge < -0.3 is 10.2 Å². The topological polar surface area (TPSA) is 49.4 Å². The van der Waals surface area contributed by atoms with Crippen LogP contribution in [0.5, 0.6) is 0 Å². The molecule has 0 spiro atoms. The van der Waals surface area contributed by atoms with Crippen LogP contribution in [-0.2, 0) is 22.6 Å². The number of hydrogen-bond acceptors (Lipinski definition) is 2. The number of nitrogens with zero attached hydrogens (tertiary/aromatic N) is 1. The third-order valence-electron chi connectivity index (χ3n) is 4.67. The Morgan fingerprint density at radius 2 is 1.52 bits per heavy atom. The summed E-state index contributed by atoms with van der Waals surface area (Å²) in [5.41, 5.74) is 1.54. The molecule has 4 nitrogen and oxygen atoms in total. The molecule has 0 aliphatic carbocycles. The van der Waals surface area contributed by atoms with Gasteiger partial charge in [0.2, 0.25) is 11.8 Å². The number of carbonyl (C=O) groups excluding carboxylic acids is 2. The number of amides is 2. The maximum atomic E-state index is 13.3. The third-order valence-corrected chi connectivity index (χ3v) is 5.41. The Bertz CT molecular complexity index is 839. The van der Waals surface area contributed by atoms with Crippen LogP contribution in [0, 0.1) is 5.92 Å². The fourth-order valence-electron chi connectivity index (χ4n) is 3.06. The zero-order valence-corrected chi connectivity index (χ0v) is 18.6. The monoisotopic (exact) mass is 434 g/mol. The largest absolute Gasteiger partial charge is 0.354 e. The molecule has 2 aromatic rings. The van der Waals surface area contributed by atoms with Crippen LogP contribution in [-0.4, -0.2) is 29.3 Å². The highest BCUT2D eigenvalue weighted by Gasteiger charge is 2.29. The van der Waals surface area contributed by atoms with E-state index in [1.54, 1.807) is 17.0 Å². The van der Waals surface area contributed by atoms with Gasteiger partial charge in [-0.2, -0.15) is 0 Å². The van der Waals surface area contributed by atoms with Crippen molar-refractivity contribution < 1.29 is 9.59 Å². The molecule has 0 radical (unpaired) electrons. The summed E-state index contributed by atoms with van der Waals surface area (Å²) in [6.45, 7) is 6.79. The molecule has 1 N–H and O–H groups in total. The molecule has 2 rings (SSSR count). The Balaban J connectivity index is 2.30. The number of hydrogen-bond donors (Lipinski definition) is 1. The fourth-order valence-corrected chi connectivity index (χ4v) is 3.46. The van der Waals surface area contributed by atoms with Gasteiger partial charge in [-0.15, -0.1) is 0 Å². The standard InChI is InChI=1S/C23H28Cl2N2O2/c1-4-21(23(29)26-14-16(2)3)27(15-18-10-6-8-12-20(18)25)22(28)13-17-9-5-7-11-19(17)24/h5-12,16,21H,4,13-15H2,1-3H3,(H,26,29). The second-order valence-electron chi connectivity index (χ2n) is 7.44. The Labute approximate surface area is 183 Å². The van der Waals surface area contributed by atoms with Gasteiger partial charge in [-0.25, -0.2) is 0 Å². The van der Waals surface area contributed by atoms with Gasteiger partial charge in [0.15, 0.2) is 0 Å². The first-order valence-electron chi connectivity index (χ1n) is 9.87. The van der Waals surface area contributed by atoms with Gasteiger partial charge in [0.05, 0.1) is 6.42 Å². The predicted octanol–water partition coefficient (Wildman–Crippen LogP) is 5.12. The van der Waals surface area contributed by atoms with Crippen LogP contribution in [0.3, 0.4) is 0 Å². The maximum absolute atomic E-state index is 13.3. The van der Waals surface area contributed by atoms with Crippen molar-refractivity contribution in [2.24, 2.45) is 5.92 Å². The Morgan fingerprint density at radius 1 is 0.966 bits per heavy atom. The summed E-state index contributed by atoms with van der Waals surface area (Å²) in [6, 6.07) is 14.0. The average Bonchev–Trinajstić information content (AvgIpc) is 2.69. The number of halogens is 2. The van der Waals surface area contributed by atoms with Crippen molar-refractivity contribution in [2.75, 3.05) is 6.54 Å². The van der Waals surface area contributed by atoms with Crippen molar-refractivity contribution >= 4 is 35.0 Å². The van der Waals surface area contributed by atoms with Crippen LogP contribution < -0.4 is 5.32 Å². The Morgan fingerprint density at radius 3 is 2.03 bits per heavy atom. The van der Waals surface area contributed by atoms with E-state index in [1.807, 2.05) is 57.2 Å². The van der Waals surface area contributed by atoms with Crippen molar-refractivity contribution in [3.05, 3.63) is 69.7 Å². The highest BCUT2D eigenvalue weighted by molar-refractivity contribution is 6.31. The summed E-state index contributed by atoms with van der Waals surface area (Å²) in [7, 11) is 0. The normalized spacial score (nSPS) is 11.9. The predicted molar refractivity (Wildman–Crippen MR) is 119 cm³/mol.